The summed E-state index contributed by atoms with van der Waals surface area (Å²) in [6, 6.07) is 4.62. The molecule has 0 radical (unpaired) electrons. The van der Waals surface area contributed by atoms with Crippen molar-refractivity contribution in [2.75, 3.05) is 19.7 Å². The van der Waals surface area contributed by atoms with Gasteiger partial charge in [-0.2, -0.15) is 4.31 Å². The third kappa shape index (κ3) is 4.44. The van der Waals surface area contributed by atoms with Gasteiger partial charge in [0.2, 0.25) is 10.0 Å². The SMILES string of the molecule is CC(C)NC(=O)COn1nnc2ccc(S(=O)(=O)N3C[C@@H](C)C[C@H](C)C3)cc21. The number of rotatable bonds is 6. The van der Waals surface area contributed by atoms with E-state index in [0.29, 0.717) is 36.0 Å². The van der Waals surface area contributed by atoms with E-state index in [9.17, 15) is 13.2 Å². The highest BCUT2D eigenvalue weighted by Crippen LogP contribution is 2.27. The van der Waals surface area contributed by atoms with Crippen molar-refractivity contribution in [3.8, 4) is 0 Å². The largest absolute Gasteiger partial charge is 0.385 e. The topological polar surface area (TPSA) is 106 Å². The number of piperidine rings is 1. The van der Waals surface area contributed by atoms with Gasteiger partial charge in [-0.15, -0.1) is 5.10 Å². The van der Waals surface area contributed by atoms with Crippen LogP contribution in [0.15, 0.2) is 23.1 Å². The molecule has 1 aromatic carbocycles. The van der Waals surface area contributed by atoms with E-state index in [0.717, 1.165) is 11.3 Å². The van der Waals surface area contributed by atoms with Gasteiger partial charge in [0.25, 0.3) is 5.91 Å². The third-order valence-electron chi connectivity index (χ3n) is 4.63. The van der Waals surface area contributed by atoms with Gasteiger partial charge < -0.3 is 10.2 Å². The maximum Gasteiger partial charge on any atom is 0.260 e. The summed E-state index contributed by atoms with van der Waals surface area (Å²) >= 11 is 0. The van der Waals surface area contributed by atoms with Gasteiger partial charge >= 0.3 is 0 Å². The highest BCUT2D eigenvalue weighted by molar-refractivity contribution is 7.89. The zero-order valence-corrected chi connectivity index (χ0v) is 17.4. The number of benzene rings is 1. The molecule has 1 fully saturated rings. The number of nitrogens with one attached hydrogen (secondary N) is 1. The first-order chi connectivity index (χ1) is 13.2. The molecule has 3 rings (SSSR count). The van der Waals surface area contributed by atoms with Crippen molar-refractivity contribution in [1.29, 1.82) is 0 Å². The van der Waals surface area contributed by atoms with Crippen LogP contribution in [0.25, 0.3) is 11.0 Å². The molecule has 1 aliphatic rings. The van der Waals surface area contributed by atoms with E-state index >= 15 is 0 Å². The molecule has 2 heterocycles. The number of carbonyl (C=O) groups is 1. The van der Waals surface area contributed by atoms with Gasteiger partial charge in [-0.1, -0.05) is 18.7 Å². The van der Waals surface area contributed by atoms with Crippen LogP contribution in [0.3, 0.4) is 0 Å². The summed E-state index contributed by atoms with van der Waals surface area (Å²) in [5, 5.41) is 10.5. The third-order valence-corrected chi connectivity index (χ3v) is 6.46. The maximum absolute atomic E-state index is 13.1. The Labute approximate surface area is 165 Å². The molecule has 1 N–H and O–H groups in total. The van der Waals surface area contributed by atoms with Crippen LogP contribution in [0.1, 0.15) is 34.1 Å². The van der Waals surface area contributed by atoms with E-state index in [1.807, 2.05) is 13.8 Å². The molecule has 154 valence electrons. The van der Waals surface area contributed by atoms with Crippen LogP contribution in [0, 0.1) is 11.8 Å². The summed E-state index contributed by atoms with van der Waals surface area (Å²) < 4.78 is 27.8. The molecule has 1 saturated heterocycles. The number of sulfonamides is 1. The van der Waals surface area contributed by atoms with Crippen molar-refractivity contribution in [3.05, 3.63) is 18.2 Å². The molecule has 0 aliphatic carbocycles. The van der Waals surface area contributed by atoms with Gasteiger partial charge in [0, 0.05) is 19.1 Å². The minimum atomic E-state index is -3.63. The fourth-order valence-corrected chi connectivity index (χ4v) is 5.27. The van der Waals surface area contributed by atoms with Crippen molar-refractivity contribution in [2.24, 2.45) is 11.8 Å². The Balaban J connectivity index is 1.84. The van der Waals surface area contributed by atoms with Gasteiger partial charge in [-0.3, -0.25) is 4.79 Å². The molecule has 0 bridgehead atoms. The monoisotopic (exact) mass is 409 g/mol. The van der Waals surface area contributed by atoms with E-state index in [-0.39, 0.29) is 23.5 Å². The Morgan fingerprint density at radius 3 is 2.61 bits per heavy atom. The van der Waals surface area contributed by atoms with Crippen molar-refractivity contribution in [3.63, 3.8) is 0 Å². The molecule has 28 heavy (non-hydrogen) atoms. The second kappa shape index (κ2) is 8.04. The second-order valence-electron chi connectivity index (χ2n) is 7.88. The van der Waals surface area contributed by atoms with E-state index < -0.39 is 10.0 Å². The van der Waals surface area contributed by atoms with Crippen LogP contribution in [0.4, 0.5) is 0 Å². The van der Waals surface area contributed by atoms with E-state index in [4.69, 9.17) is 4.84 Å². The minimum absolute atomic E-state index is 0.00494. The van der Waals surface area contributed by atoms with Crippen LogP contribution in [0.2, 0.25) is 0 Å². The Kier molecular flexibility index (Phi) is 5.90. The molecule has 2 aromatic rings. The molecular formula is C18H27N5O4S. The summed E-state index contributed by atoms with van der Waals surface area (Å²) in [6.07, 6.45) is 1.02. The number of aromatic nitrogens is 3. The van der Waals surface area contributed by atoms with E-state index in [1.54, 1.807) is 6.07 Å². The first kappa shape index (κ1) is 20.5. The van der Waals surface area contributed by atoms with Crippen LogP contribution in [-0.4, -0.2) is 59.5 Å². The fourth-order valence-electron chi connectivity index (χ4n) is 3.57. The van der Waals surface area contributed by atoms with Crippen molar-refractivity contribution in [1.82, 2.24) is 24.8 Å². The number of nitrogens with zero attached hydrogens (tertiary/aromatic N) is 4. The highest BCUT2D eigenvalue weighted by Gasteiger charge is 2.32. The van der Waals surface area contributed by atoms with Gasteiger partial charge in [0.15, 0.2) is 6.61 Å². The molecule has 0 spiro atoms. The average molecular weight is 410 g/mol. The van der Waals surface area contributed by atoms with E-state index in [2.05, 4.69) is 29.5 Å². The van der Waals surface area contributed by atoms with Crippen LogP contribution >= 0.6 is 0 Å². The molecule has 10 heteroatoms. The Morgan fingerprint density at radius 1 is 1.29 bits per heavy atom. The second-order valence-corrected chi connectivity index (χ2v) is 9.81. The van der Waals surface area contributed by atoms with Gasteiger partial charge in [-0.25, -0.2) is 8.42 Å². The quantitative estimate of drug-likeness (QED) is 0.764. The minimum Gasteiger partial charge on any atom is -0.385 e. The zero-order chi connectivity index (χ0) is 20.5. The molecule has 0 saturated carbocycles. The van der Waals surface area contributed by atoms with Gasteiger partial charge in [0.05, 0.1) is 4.90 Å². The Morgan fingerprint density at radius 2 is 1.96 bits per heavy atom. The number of hydrogen-bond acceptors (Lipinski definition) is 6. The lowest BCUT2D eigenvalue weighted by Gasteiger charge is -2.34. The lowest BCUT2D eigenvalue weighted by molar-refractivity contribution is -0.126. The zero-order valence-electron chi connectivity index (χ0n) is 16.6. The van der Waals surface area contributed by atoms with Crippen molar-refractivity contribution >= 4 is 27.0 Å². The number of fused-ring (bicyclic) bond motifs is 1. The number of hydrogen-bond donors (Lipinski definition) is 1. The molecule has 1 amide bonds. The fraction of sp³-hybridized carbons (Fsp3) is 0.611. The summed E-state index contributed by atoms with van der Waals surface area (Å²) in [7, 11) is -3.63. The summed E-state index contributed by atoms with van der Waals surface area (Å²) in [4.78, 5) is 18.4. The van der Waals surface area contributed by atoms with Crippen LogP contribution < -0.4 is 10.2 Å². The normalized spacial score (nSPS) is 21.2. The molecular weight excluding hydrogens is 382 g/mol. The Bertz CT molecular complexity index is 946. The molecule has 1 aromatic heterocycles. The molecule has 0 unspecified atom stereocenters. The van der Waals surface area contributed by atoms with Crippen molar-refractivity contribution in [2.45, 2.75) is 45.1 Å². The highest BCUT2D eigenvalue weighted by atomic mass is 32.2. The number of carbonyl (C=O) groups excluding carboxylic acids is 1. The lowest BCUT2D eigenvalue weighted by Crippen LogP contribution is -2.42. The summed E-state index contributed by atoms with van der Waals surface area (Å²) in [5.74, 6) is 0.341. The summed E-state index contributed by atoms with van der Waals surface area (Å²) in [6.45, 7) is 8.61. The standard InChI is InChI=1S/C18H27N5O4S/c1-12(2)19-18(24)11-27-23-17-8-15(5-6-16(17)20-21-23)28(25,26)22-9-13(3)7-14(4)10-22/h5-6,8,12-14H,7,9-11H2,1-4H3,(H,19,24)/t13-,14-/m0/s1. The van der Waals surface area contributed by atoms with Crippen LogP contribution in [0.5, 0.6) is 0 Å². The van der Waals surface area contributed by atoms with Gasteiger partial charge in [-0.05, 0) is 55.5 Å². The van der Waals surface area contributed by atoms with E-state index in [1.165, 1.54) is 16.4 Å². The predicted molar refractivity (Wildman–Crippen MR) is 104 cm³/mol. The average Bonchev–Trinajstić information content (AvgIpc) is 3.01. The molecule has 1 aliphatic heterocycles. The smallest absolute Gasteiger partial charge is 0.260 e. The molecule has 9 nitrogen and oxygen atoms in total. The van der Waals surface area contributed by atoms with Crippen LogP contribution in [-0.2, 0) is 14.8 Å². The maximum atomic E-state index is 13.1. The Hall–Kier alpha value is -2.20. The first-order valence-electron chi connectivity index (χ1n) is 9.45. The summed E-state index contributed by atoms with van der Waals surface area (Å²) in [5.41, 5.74) is 0.889. The molecule has 2 atom stereocenters. The van der Waals surface area contributed by atoms with Crippen molar-refractivity contribution < 1.29 is 18.0 Å². The predicted octanol–water partition coefficient (Wildman–Crippen LogP) is 1.05. The first-order valence-corrected chi connectivity index (χ1v) is 10.9. The lowest BCUT2D eigenvalue weighted by atomic mass is 9.94. The van der Waals surface area contributed by atoms with Gasteiger partial charge in [0.1, 0.15) is 11.0 Å². The number of amides is 1.